The highest BCUT2D eigenvalue weighted by atomic mass is 79.9. The number of carboxylic acid groups (broad SMARTS) is 1. The number of ether oxygens (including phenoxy) is 1. The molecule has 3 nitrogen and oxygen atoms in total. The highest BCUT2D eigenvalue weighted by Crippen LogP contribution is 2.28. The maximum atomic E-state index is 10.8. The first-order valence-corrected chi connectivity index (χ1v) is 6.59. The fourth-order valence-electron chi connectivity index (χ4n) is 2.13. The normalized spacial score (nSPS) is 24.3. The first-order chi connectivity index (χ1) is 8.15. The topological polar surface area (TPSA) is 46.5 Å². The fourth-order valence-corrected chi connectivity index (χ4v) is 2.40. The molecule has 0 heterocycles. The smallest absolute Gasteiger partial charge is 0.306 e. The Hall–Kier alpha value is -1.03. The van der Waals surface area contributed by atoms with Gasteiger partial charge in [-0.15, -0.1) is 0 Å². The average molecular weight is 299 g/mol. The molecule has 92 valence electrons. The summed E-state index contributed by atoms with van der Waals surface area (Å²) < 4.78 is 6.85. The molecule has 0 saturated heterocycles. The van der Waals surface area contributed by atoms with Crippen LogP contribution in [0.2, 0.25) is 0 Å². The zero-order valence-corrected chi connectivity index (χ0v) is 11.0. The highest BCUT2D eigenvalue weighted by Gasteiger charge is 2.26. The summed E-state index contributed by atoms with van der Waals surface area (Å²) in [4.78, 5) is 10.8. The Balaban J connectivity index is 1.85. The Kier molecular flexibility index (Phi) is 4.05. The molecule has 1 N–H and O–H groups in total. The molecule has 2 rings (SSSR count). The monoisotopic (exact) mass is 298 g/mol. The summed E-state index contributed by atoms with van der Waals surface area (Å²) >= 11 is 3.37. The van der Waals surface area contributed by atoms with Crippen LogP contribution in [0.5, 0.6) is 5.75 Å². The quantitative estimate of drug-likeness (QED) is 0.929. The van der Waals surface area contributed by atoms with Crippen LogP contribution in [-0.2, 0) is 4.79 Å². The third-order valence-electron chi connectivity index (χ3n) is 3.14. The molecule has 0 unspecified atom stereocenters. The van der Waals surface area contributed by atoms with Crippen LogP contribution in [0.15, 0.2) is 28.7 Å². The summed E-state index contributed by atoms with van der Waals surface area (Å²) in [6.07, 6.45) is 3.25. The van der Waals surface area contributed by atoms with Crippen LogP contribution in [-0.4, -0.2) is 17.2 Å². The number of hydrogen-bond acceptors (Lipinski definition) is 2. The summed E-state index contributed by atoms with van der Waals surface area (Å²) in [7, 11) is 0. The Bertz CT molecular complexity index is 380. The van der Waals surface area contributed by atoms with E-state index in [1.165, 1.54) is 0 Å². The molecule has 0 aromatic heterocycles. The van der Waals surface area contributed by atoms with Crippen LogP contribution in [0.25, 0.3) is 0 Å². The van der Waals surface area contributed by atoms with Crippen LogP contribution in [0.1, 0.15) is 25.7 Å². The van der Waals surface area contributed by atoms with Crippen molar-refractivity contribution in [1.82, 2.24) is 0 Å². The molecule has 0 aliphatic heterocycles. The average Bonchev–Trinajstić information content (AvgIpc) is 2.33. The number of benzene rings is 1. The van der Waals surface area contributed by atoms with E-state index in [0.717, 1.165) is 35.9 Å². The lowest BCUT2D eigenvalue weighted by atomic mass is 9.87. The number of rotatable bonds is 3. The van der Waals surface area contributed by atoms with E-state index >= 15 is 0 Å². The van der Waals surface area contributed by atoms with E-state index in [4.69, 9.17) is 9.84 Å². The SMILES string of the molecule is O=C(O)[C@H]1CC[C@H](Oc2ccc(Br)cc2)CC1. The zero-order chi connectivity index (χ0) is 12.3. The Morgan fingerprint density at radius 1 is 1.18 bits per heavy atom. The minimum absolute atomic E-state index is 0.159. The van der Waals surface area contributed by atoms with Gasteiger partial charge in [0.1, 0.15) is 5.75 Å². The van der Waals surface area contributed by atoms with Crippen molar-refractivity contribution in [1.29, 1.82) is 0 Å². The largest absolute Gasteiger partial charge is 0.490 e. The minimum atomic E-state index is -0.674. The van der Waals surface area contributed by atoms with E-state index in [-0.39, 0.29) is 12.0 Å². The second kappa shape index (κ2) is 5.54. The fraction of sp³-hybridized carbons (Fsp3) is 0.462. The molecule has 0 bridgehead atoms. The van der Waals surface area contributed by atoms with Crippen molar-refractivity contribution in [2.24, 2.45) is 5.92 Å². The Morgan fingerprint density at radius 2 is 1.76 bits per heavy atom. The van der Waals surface area contributed by atoms with Crippen molar-refractivity contribution >= 4 is 21.9 Å². The second-order valence-electron chi connectivity index (χ2n) is 4.38. The predicted octanol–water partition coefficient (Wildman–Crippen LogP) is 3.47. The highest BCUT2D eigenvalue weighted by molar-refractivity contribution is 9.10. The maximum absolute atomic E-state index is 10.8. The molecule has 0 amide bonds. The molecule has 17 heavy (non-hydrogen) atoms. The van der Waals surface area contributed by atoms with E-state index in [2.05, 4.69) is 15.9 Å². The molecule has 0 radical (unpaired) electrons. The van der Waals surface area contributed by atoms with Gasteiger partial charge in [0.15, 0.2) is 0 Å². The molecule has 1 aliphatic carbocycles. The first-order valence-electron chi connectivity index (χ1n) is 5.80. The van der Waals surface area contributed by atoms with E-state index in [1.807, 2.05) is 24.3 Å². The lowest BCUT2D eigenvalue weighted by Gasteiger charge is -2.26. The van der Waals surface area contributed by atoms with Crippen molar-refractivity contribution < 1.29 is 14.6 Å². The predicted molar refractivity (Wildman–Crippen MR) is 68.2 cm³/mol. The van der Waals surface area contributed by atoms with Crippen molar-refractivity contribution in [3.63, 3.8) is 0 Å². The molecule has 1 fully saturated rings. The number of carbonyl (C=O) groups is 1. The number of hydrogen-bond donors (Lipinski definition) is 1. The van der Waals surface area contributed by atoms with Gasteiger partial charge >= 0.3 is 5.97 Å². The van der Waals surface area contributed by atoms with Crippen molar-refractivity contribution in [3.8, 4) is 5.75 Å². The summed E-state index contributed by atoms with van der Waals surface area (Å²) in [6.45, 7) is 0. The van der Waals surface area contributed by atoms with Crippen LogP contribution in [0.3, 0.4) is 0 Å². The van der Waals surface area contributed by atoms with Gasteiger partial charge in [-0.1, -0.05) is 15.9 Å². The van der Waals surface area contributed by atoms with Gasteiger partial charge in [0, 0.05) is 4.47 Å². The maximum Gasteiger partial charge on any atom is 0.306 e. The molecule has 1 aromatic rings. The summed E-state index contributed by atoms with van der Waals surface area (Å²) in [5, 5.41) is 8.90. The van der Waals surface area contributed by atoms with Gasteiger partial charge < -0.3 is 9.84 Å². The van der Waals surface area contributed by atoms with Crippen molar-refractivity contribution in [2.75, 3.05) is 0 Å². The van der Waals surface area contributed by atoms with Crippen molar-refractivity contribution in [3.05, 3.63) is 28.7 Å². The number of carboxylic acids is 1. The molecular formula is C13H15BrO3. The summed E-state index contributed by atoms with van der Waals surface area (Å²) in [5.41, 5.74) is 0. The van der Waals surface area contributed by atoms with Gasteiger partial charge in [-0.3, -0.25) is 4.79 Å². The van der Waals surface area contributed by atoms with E-state index in [1.54, 1.807) is 0 Å². The van der Waals surface area contributed by atoms with Crippen LogP contribution in [0.4, 0.5) is 0 Å². The molecule has 1 saturated carbocycles. The van der Waals surface area contributed by atoms with E-state index in [0.29, 0.717) is 0 Å². The Morgan fingerprint density at radius 3 is 2.29 bits per heavy atom. The van der Waals surface area contributed by atoms with E-state index in [9.17, 15) is 4.79 Å². The minimum Gasteiger partial charge on any atom is -0.490 e. The molecule has 0 atom stereocenters. The Labute approximate surface area is 109 Å². The van der Waals surface area contributed by atoms with Crippen molar-refractivity contribution in [2.45, 2.75) is 31.8 Å². The van der Waals surface area contributed by atoms with Gasteiger partial charge in [-0.2, -0.15) is 0 Å². The third kappa shape index (κ3) is 3.46. The summed E-state index contributed by atoms with van der Waals surface area (Å²) in [6, 6.07) is 7.73. The number of aliphatic carboxylic acids is 1. The molecule has 1 aromatic carbocycles. The first kappa shape index (κ1) is 12.4. The van der Waals surface area contributed by atoms with Gasteiger partial charge in [0.2, 0.25) is 0 Å². The van der Waals surface area contributed by atoms with Gasteiger partial charge in [0.05, 0.1) is 12.0 Å². The lowest BCUT2D eigenvalue weighted by Crippen LogP contribution is -2.27. The molecule has 4 heteroatoms. The third-order valence-corrected chi connectivity index (χ3v) is 3.67. The van der Waals surface area contributed by atoms with Gasteiger partial charge in [-0.05, 0) is 49.9 Å². The van der Waals surface area contributed by atoms with Crippen LogP contribution >= 0.6 is 15.9 Å². The van der Waals surface area contributed by atoms with Gasteiger partial charge in [-0.25, -0.2) is 0 Å². The van der Waals surface area contributed by atoms with Crippen LogP contribution in [0, 0.1) is 5.92 Å². The number of halogens is 1. The second-order valence-corrected chi connectivity index (χ2v) is 5.30. The lowest BCUT2D eigenvalue weighted by molar-refractivity contribution is -0.143. The standard InChI is InChI=1S/C13H15BrO3/c14-10-3-7-12(8-4-10)17-11-5-1-9(2-6-11)13(15)16/h3-4,7-9,11H,1-2,5-6H2,(H,15,16)/t9-,11-. The zero-order valence-electron chi connectivity index (χ0n) is 9.43. The molecule has 1 aliphatic rings. The van der Waals surface area contributed by atoms with Crippen LogP contribution < -0.4 is 4.74 Å². The van der Waals surface area contributed by atoms with Gasteiger partial charge in [0.25, 0.3) is 0 Å². The molecular weight excluding hydrogens is 284 g/mol. The summed E-state index contributed by atoms with van der Waals surface area (Å²) in [5.74, 6) is -0.00108. The van der Waals surface area contributed by atoms with E-state index < -0.39 is 5.97 Å². The molecule has 0 spiro atoms.